The highest BCUT2D eigenvalue weighted by molar-refractivity contribution is 7.82. The van der Waals surface area contributed by atoms with Gasteiger partial charge in [-0.25, -0.2) is 4.79 Å². The average Bonchev–Trinajstić information content (AvgIpc) is 2.23. The molecule has 0 bridgehead atoms. The largest absolute Gasteiger partial charge is 0.480 e. The molecule has 0 rings (SSSR count). The molecule has 0 aliphatic rings. The molecule has 0 aromatic rings. The minimum atomic E-state index is -1.08. The first kappa shape index (κ1) is 14.6. The number of nitrogens with one attached hydrogen (secondary N) is 1. The molecule has 0 heterocycles. The summed E-state index contributed by atoms with van der Waals surface area (Å²) in [6.07, 6.45) is 1.11. The first-order valence-electron chi connectivity index (χ1n) is 4.78. The van der Waals surface area contributed by atoms with Gasteiger partial charge < -0.3 is 10.4 Å². The molecule has 0 saturated carbocycles. The molecule has 6 heteroatoms. The minimum absolute atomic E-state index is 0.0678. The van der Waals surface area contributed by atoms with Gasteiger partial charge in [0.05, 0.1) is 4.75 Å². The summed E-state index contributed by atoms with van der Waals surface area (Å²) < 4.78 is -0.795. The summed E-state index contributed by atoms with van der Waals surface area (Å²) in [6.45, 7) is 3.68. The fourth-order valence-corrected chi connectivity index (χ4v) is 1.36. The van der Waals surface area contributed by atoms with Crippen molar-refractivity contribution in [3.8, 4) is 0 Å². The molecule has 0 unspecified atom stereocenters. The van der Waals surface area contributed by atoms with Gasteiger partial charge in [0.25, 0.3) is 0 Å². The van der Waals surface area contributed by atoms with Gasteiger partial charge in [0, 0.05) is 5.75 Å². The topological polar surface area (TPSA) is 66.4 Å². The number of carboxylic acid groups (broad SMARTS) is 1. The van der Waals surface area contributed by atoms with Crippen LogP contribution in [0.5, 0.6) is 0 Å². The van der Waals surface area contributed by atoms with Crippen LogP contribution in [0.2, 0.25) is 0 Å². The van der Waals surface area contributed by atoms with Crippen LogP contribution in [0.15, 0.2) is 0 Å². The molecule has 0 fully saturated rings. The van der Waals surface area contributed by atoms with Crippen molar-refractivity contribution in [3.63, 3.8) is 0 Å². The van der Waals surface area contributed by atoms with E-state index in [9.17, 15) is 9.59 Å². The lowest BCUT2D eigenvalue weighted by Gasteiger charge is -2.26. The first-order chi connectivity index (χ1) is 6.91. The van der Waals surface area contributed by atoms with E-state index in [0.29, 0.717) is 12.8 Å². The smallest absolute Gasteiger partial charge is 0.327 e. The maximum atomic E-state index is 11.7. The number of aliphatic carboxylic acids is 1. The van der Waals surface area contributed by atoms with E-state index in [0.717, 1.165) is 0 Å². The molecule has 0 aromatic heterocycles. The number of rotatable bonds is 6. The SMILES string of the molecule is CCC(S)(CC)C(=O)N[C@@H](CS)C(=O)O. The summed E-state index contributed by atoms with van der Waals surface area (Å²) in [5.74, 6) is -1.36. The van der Waals surface area contributed by atoms with E-state index < -0.39 is 16.8 Å². The summed E-state index contributed by atoms with van der Waals surface area (Å²) >= 11 is 8.13. The van der Waals surface area contributed by atoms with Gasteiger partial charge in [0.1, 0.15) is 6.04 Å². The van der Waals surface area contributed by atoms with Gasteiger partial charge >= 0.3 is 5.97 Å². The highest BCUT2D eigenvalue weighted by Crippen LogP contribution is 2.23. The number of carboxylic acids is 1. The summed E-state index contributed by atoms with van der Waals surface area (Å²) in [4.78, 5) is 22.4. The van der Waals surface area contributed by atoms with Crippen molar-refractivity contribution in [2.75, 3.05) is 5.75 Å². The zero-order valence-electron chi connectivity index (χ0n) is 8.86. The van der Waals surface area contributed by atoms with E-state index in [1.54, 1.807) is 0 Å². The van der Waals surface area contributed by atoms with E-state index in [4.69, 9.17) is 5.11 Å². The number of amides is 1. The summed E-state index contributed by atoms with van der Waals surface area (Å²) in [5, 5.41) is 11.2. The lowest BCUT2D eigenvalue weighted by atomic mass is 10.0. The van der Waals surface area contributed by atoms with Gasteiger partial charge in [-0.3, -0.25) is 4.79 Å². The predicted octanol–water partition coefficient (Wildman–Crippen LogP) is 0.974. The molecular formula is C9H17NO3S2. The first-order valence-corrected chi connectivity index (χ1v) is 5.86. The van der Waals surface area contributed by atoms with E-state index in [-0.39, 0.29) is 11.7 Å². The molecule has 0 aliphatic carbocycles. The highest BCUT2D eigenvalue weighted by atomic mass is 32.1. The second-order valence-corrected chi connectivity index (χ2v) is 4.51. The Morgan fingerprint density at radius 1 is 1.40 bits per heavy atom. The fourth-order valence-electron chi connectivity index (χ4n) is 1.05. The Labute approximate surface area is 101 Å². The molecule has 2 N–H and O–H groups in total. The normalized spacial score (nSPS) is 13.3. The summed E-state index contributed by atoms with van der Waals surface area (Å²) in [6, 6.07) is -0.953. The number of carbonyl (C=O) groups is 2. The van der Waals surface area contributed by atoms with Crippen LogP contribution in [0.4, 0.5) is 0 Å². The standard InChI is InChI=1S/C9H17NO3S2/c1-3-9(15,4-2)8(13)10-6(5-14)7(11)12/h6,14-15H,3-5H2,1-2H3,(H,10,13)(H,11,12)/t6-/m0/s1. The highest BCUT2D eigenvalue weighted by Gasteiger charge is 2.33. The second-order valence-electron chi connectivity index (χ2n) is 3.29. The Balaban J connectivity index is 4.52. The molecular weight excluding hydrogens is 234 g/mol. The molecule has 4 nitrogen and oxygen atoms in total. The van der Waals surface area contributed by atoms with Crippen LogP contribution in [0.25, 0.3) is 0 Å². The minimum Gasteiger partial charge on any atom is -0.480 e. The van der Waals surface area contributed by atoms with Crippen molar-refractivity contribution in [1.82, 2.24) is 5.32 Å². The Bertz CT molecular complexity index is 242. The number of thiol groups is 2. The third-order valence-corrected chi connectivity index (χ3v) is 3.58. The molecule has 0 saturated heterocycles. The third-order valence-electron chi connectivity index (χ3n) is 2.38. The molecule has 1 atom stereocenters. The third kappa shape index (κ3) is 3.95. The Morgan fingerprint density at radius 3 is 2.13 bits per heavy atom. The Morgan fingerprint density at radius 2 is 1.87 bits per heavy atom. The van der Waals surface area contributed by atoms with Crippen LogP contribution in [0.1, 0.15) is 26.7 Å². The Hall–Kier alpha value is -0.360. The van der Waals surface area contributed by atoms with Crippen LogP contribution in [0.3, 0.4) is 0 Å². The molecule has 0 radical (unpaired) electrons. The van der Waals surface area contributed by atoms with Crippen LogP contribution >= 0.6 is 25.3 Å². The predicted molar refractivity (Wildman–Crippen MR) is 65.7 cm³/mol. The van der Waals surface area contributed by atoms with Crippen molar-refractivity contribution in [1.29, 1.82) is 0 Å². The van der Waals surface area contributed by atoms with Crippen LogP contribution < -0.4 is 5.32 Å². The van der Waals surface area contributed by atoms with E-state index in [1.165, 1.54) is 0 Å². The van der Waals surface area contributed by atoms with Crippen molar-refractivity contribution in [2.45, 2.75) is 37.5 Å². The van der Waals surface area contributed by atoms with Crippen molar-refractivity contribution in [2.24, 2.45) is 0 Å². The van der Waals surface area contributed by atoms with E-state index in [2.05, 4.69) is 30.6 Å². The molecule has 1 amide bonds. The second kappa shape index (κ2) is 6.27. The number of carbonyl (C=O) groups excluding carboxylic acids is 1. The van der Waals surface area contributed by atoms with Crippen molar-refractivity contribution < 1.29 is 14.7 Å². The van der Waals surface area contributed by atoms with Crippen LogP contribution in [-0.4, -0.2) is 33.5 Å². The van der Waals surface area contributed by atoms with Gasteiger partial charge in [0.15, 0.2) is 0 Å². The molecule has 0 spiro atoms. The van der Waals surface area contributed by atoms with Gasteiger partial charge in [-0.15, -0.1) is 0 Å². The van der Waals surface area contributed by atoms with Gasteiger partial charge in [0.2, 0.25) is 5.91 Å². The Kier molecular flexibility index (Phi) is 6.12. The molecule has 0 aromatic carbocycles. The number of hydrogen-bond donors (Lipinski definition) is 4. The monoisotopic (exact) mass is 251 g/mol. The fraction of sp³-hybridized carbons (Fsp3) is 0.778. The molecule has 0 aliphatic heterocycles. The lowest BCUT2D eigenvalue weighted by Crippen LogP contribution is -2.50. The maximum Gasteiger partial charge on any atom is 0.327 e. The average molecular weight is 251 g/mol. The van der Waals surface area contributed by atoms with Gasteiger partial charge in [-0.1, -0.05) is 13.8 Å². The zero-order valence-corrected chi connectivity index (χ0v) is 10.6. The van der Waals surface area contributed by atoms with E-state index >= 15 is 0 Å². The zero-order chi connectivity index (χ0) is 12.1. The lowest BCUT2D eigenvalue weighted by molar-refractivity contribution is -0.141. The molecule has 15 heavy (non-hydrogen) atoms. The van der Waals surface area contributed by atoms with Gasteiger partial charge in [-0.05, 0) is 12.8 Å². The van der Waals surface area contributed by atoms with Crippen LogP contribution in [-0.2, 0) is 9.59 Å². The van der Waals surface area contributed by atoms with Gasteiger partial charge in [-0.2, -0.15) is 25.3 Å². The van der Waals surface area contributed by atoms with E-state index in [1.807, 2.05) is 13.8 Å². The molecule has 88 valence electrons. The summed E-state index contributed by atoms with van der Waals surface area (Å²) in [5.41, 5.74) is 0. The van der Waals surface area contributed by atoms with Crippen molar-refractivity contribution in [3.05, 3.63) is 0 Å². The summed E-state index contributed by atoms with van der Waals surface area (Å²) in [7, 11) is 0. The quantitative estimate of drug-likeness (QED) is 0.532. The van der Waals surface area contributed by atoms with Crippen molar-refractivity contribution >= 4 is 37.1 Å². The maximum absolute atomic E-state index is 11.7. The number of hydrogen-bond acceptors (Lipinski definition) is 4. The van der Waals surface area contributed by atoms with Crippen LogP contribution in [0, 0.1) is 0 Å².